The van der Waals surface area contributed by atoms with E-state index in [9.17, 15) is 0 Å². The molecule has 5 heteroatoms. The average Bonchev–Trinajstić information content (AvgIpc) is 2.88. The number of rotatable bonds is 6. The van der Waals surface area contributed by atoms with Crippen molar-refractivity contribution in [1.29, 1.82) is 0 Å². The third-order valence-corrected chi connectivity index (χ3v) is 3.17. The number of anilines is 1. The quantitative estimate of drug-likeness (QED) is 0.556. The van der Waals surface area contributed by atoms with Crippen molar-refractivity contribution in [3.05, 3.63) is 48.4 Å². The molecule has 3 aromatic rings. The molecule has 0 aliphatic rings. The topological polar surface area (TPSA) is 70.5 Å². The number of nitrogen functional groups attached to an aromatic ring is 1. The number of aromatic nitrogens is 1. The van der Waals surface area contributed by atoms with Crippen LogP contribution in [0.1, 0.15) is 12.3 Å². The predicted molar refractivity (Wildman–Crippen MR) is 85.2 cm³/mol. The van der Waals surface area contributed by atoms with Crippen molar-refractivity contribution in [2.75, 3.05) is 18.9 Å². The fourth-order valence-electron chi connectivity index (χ4n) is 2.11. The largest absolute Gasteiger partial charge is 0.493 e. The van der Waals surface area contributed by atoms with Crippen LogP contribution in [0.4, 0.5) is 5.69 Å². The first-order chi connectivity index (χ1) is 10.7. The first-order valence-corrected chi connectivity index (χ1v) is 7.19. The van der Waals surface area contributed by atoms with Crippen LogP contribution >= 0.6 is 0 Å². The van der Waals surface area contributed by atoms with Gasteiger partial charge in [0.15, 0.2) is 11.5 Å². The summed E-state index contributed by atoms with van der Waals surface area (Å²) >= 11 is 0. The Balaban J connectivity index is 1.44. The van der Waals surface area contributed by atoms with Crippen molar-refractivity contribution in [3.63, 3.8) is 0 Å². The molecule has 114 valence electrons. The Morgan fingerprint density at radius 3 is 2.45 bits per heavy atom. The van der Waals surface area contributed by atoms with Gasteiger partial charge in [0.25, 0.3) is 0 Å². The number of benzene rings is 2. The average molecular weight is 298 g/mol. The summed E-state index contributed by atoms with van der Waals surface area (Å²) in [4.78, 5) is 4.25. The normalized spacial score (nSPS) is 10.8. The molecule has 0 amide bonds. The number of ether oxygens (including phenoxy) is 2. The van der Waals surface area contributed by atoms with Gasteiger partial charge < -0.3 is 19.6 Å². The lowest BCUT2D eigenvalue weighted by molar-refractivity contribution is 0.247. The van der Waals surface area contributed by atoms with E-state index >= 15 is 0 Å². The van der Waals surface area contributed by atoms with E-state index in [-0.39, 0.29) is 0 Å². The van der Waals surface area contributed by atoms with Crippen molar-refractivity contribution < 1.29 is 13.9 Å². The van der Waals surface area contributed by atoms with E-state index in [1.54, 1.807) is 0 Å². The Hall–Kier alpha value is -2.69. The first-order valence-electron chi connectivity index (χ1n) is 7.19. The minimum Gasteiger partial charge on any atom is -0.493 e. The lowest BCUT2D eigenvalue weighted by atomic mass is 10.3. The van der Waals surface area contributed by atoms with E-state index in [1.807, 2.05) is 49.4 Å². The molecule has 0 unspecified atom stereocenters. The molecule has 0 saturated carbocycles. The summed E-state index contributed by atoms with van der Waals surface area (Å²) < 4.78 is 16.8. The fourth-order valence-corrected chi connectivity index (χ4v) is 2.11. The van der Waals surface area contributed by atoms with Crippen molar-refractivity contribution in [2.24, 2.45) is 0 Å². The number of nitrogens with two attached hydrogens (primary N) is 1. The van der Waals surface area contributed by atoms with Gasteiger partial charge in [-0.3, -0.25) is 0 Å². The Kier molecular flexibility index (Phi) is 4.14. The van der Waals surface area contributed by atoms with Crippen molar-refractivity contribution in [3.8, 4) is 11.5 Å². The third kappa shape index (κ3) is 3.49. The number of hydrogen-bond donors (Lipinski definition) is 1. The zero-order chi connectivity index (χ0) is 15.4. The van der Waals surface area contributed by atoms with E-state index in [2.05, 4.69) is 4.98 Å². The van der Waals surface area contributed by atoms with E-state index in [0.29, 0.717) is 19.1 Å². The maximum absolute atomic E-state index is 5.69. The summed E-state index contributed by atoms with van der Waals surface area (Å²) in [5.41, 5.74) is 7.94. The van der Waals surface area contributed by atoms with Gasteiger partial charge in [0, 0.05) is 25.1 Å². The SMILES string of the molecule is Cc1nc2ccc(OCCCOc3ccc(N)cc3)cc2o1. The number of hydrogen-bond acceptors (Lipinski definition) is 5. The Morgan fingerprint density at radius 2 is 1.68 bits per heavy atom. The van der Waals surface area contributed by atoms with Crippen LogP contribution in [0.15, 0.2) is 46.9 Å². The highest BCUT2D eigenvalue weighted by Gasteiger charge is 2.03. The van der Waals surface area contributed by atoms with Gasteiger partial charge in [0.05, 0.1) is 13.2 Å². The number of nitrogens with zero attached hydrogens (tertiary/aromatic N) is 1. The molecule has 0 aliphatic carbocycles. The van der Waals surface area contributed by atoms with Crippen LogP contribution in [0.25, 0.3) is 11.1 Å². The molecule has 5 nitrogen and oxygen atoms in total. The van der Waals surface area contributed by atoms with Gasteiger partial charge in [-0.05, 0) is 36.4 Å². The molecular weight excluding hydrogens is 280 g/mol. The smallest absolute Gasteiger partial charge is 0.192 e. The molecule has 22 heavy (non-hydrogen) atoms. The van der Waals surface area contributed by atoms with Crippen LogP contribution in [-0.2, 0) is 0 Å². The van der Waals surface area contributed by atoms with Crippen LogP contribution in [0.5, 0.6) is 11.5 Å². The molecule has 2 aromatic carbocycles. The Bertz CT molecular complexity index is 750. The van der Waals surface area contributed by atoms with Crippen molar-refractivity contribution in [1.82, 2.24) is 4.98 Å². The third-order valence-electron chi connectivity index (χ3n) is 3.17. The zero-order valence-electron chi connectivity index (χ0n) is 12.4. The summed E-state index contributed by atoms with van der Waals surface area (Å²) in [5, 5.41) is 0. The van der Waals surface area contributed by atoms with Gasteiger partial charge >= 0.3 is 0 Å². The molecule has 0 aliphatic heterocycles. The second-order valence-corrected chi connectivity index (χ2v) is 4.98. The summed E-state index contributed by atoms with van der Waals surface area (Å²) in [6.07, 6.45) is 0.790. The van der Waals surface area contributed by atoms with Crippen molar-refractivity contribution in [2.45, 2.75) is 13.3 Å². The van der Waals surface area contributed by atoms with Gasteiger partial charge in [0.2, 0.25) is 0 Å². The molecule has 0 spiro atoms. The van der Waals surface area contributed by atoms with Gasteiger partial charge in [-0.15, -0.1) is 0 Å². The lowest BCUT2D eigenvalue weighted by Crippen LogP contribution is -2.05. The van der Waals surface area contributed by atoms with Crippen LogP contribution in [-0.4, -0.2) is 18.2 Å². The monoisotopic (exact) mass is 298 g/mol. The highest BCUT2D eigenvalue weighted by molar-refractivity contribution is 5.74. The van der Waals surface area contributed by atoms with Gasteiger partial charge in [-0.25, -0.2) is 4.98 Å². The molecule has 1 heterocycles. The number of oxazole rings is 1. The highest BCUT2D eigenvalue weighted by atomic mass is 16.5. The second kappa shape index (κ2) is 6.39. The van der Waals surface area contributed by atoms with Crippen LogP contribution in [0, 0.1) is 6.92 Å². The first kappa shape index (κ1) is 14.3. The molecule has 2 N–H and O–H groups in total. The van der Waals surface area contributed by atoms with Gasteiger partial charge in [-0.2, -0.15) is 0 Å². The predicted octanol–water partition coefficient (Wildman–Crippen LogP) is 3.57. The lowest BCUT2D eigenvalue weighted by Gasteiger charge is -2.08. The minimum atomic E-state index is 0.577. The molecule has 1 aromatic heterocycles. The maximum Gasteiger partial charge on any atom is 0.192 e. The summed E-state index contributed by atoms with van der Waals surface area (Å²) in [5.74, 6) is 2.24. The van der Waals surface area contributed by atoms with Crippen LogP contribution in [0.2, 0.25) is 0 Å². The van der Waals surface area contributed by atoms with E-state index < -0.39 is 0 Å². The molecular formula is C17H18N2O3. The number of fused-ring (bicyclic) bond motifs is 1. The maximum atomic E-state index is 5.69. The summed E-state index contributed by atoms with van der Waals surface area (Å²) in [7, 11) is 0. The fraction of sp³-hybridized carbons (Fsp3) is 0.235. The Morgan fingerprint density at radius 1 is 1.00 bits per heavy atom. The molecule has 0 radical (unpaired) electrons. The molecule has 0 atom stereocenters. The molecule has 0 saturated heterocycles. The van der Waals surface area contributed by atoms with Gasteiger partial charge in [0.1, 0.15) is 17.0 Å². The summed E-state index contributed by atoms with van der Waals surface area (Å²) in [6.45, 7) is 3.00. The molecule has 0 bridgehead atoms. The van der Waals surface area contributed by atoms with E-state index in [4.69, 9.17) is 19.6 Å². The molecule has 0 fully saturated rings. The van der Waals surface area contributed by atoms with Crippen LogP contribution < -0.4 is 15.2 Å². The van der Waals surface area contributed by atoms with Gasteiger partial charge in [-0.1, -0.05) is 0 Å². The van der Waals surface area contributed by atoms with Crippen LogP contribution in [0.3, 0.4) is 0 Å². The molecule has 3 rings (SSSR count). The van der Waals surface area contributed by atoms with E-state index in [0.717, 1.165) is 34.7 Å². The van der Waals surface area contributed by atoms with E-state index in [1.165, 1.54) is 0 Å². The summed E-state index contributed by atoms with van der Waals surface area (Å²) in [6, 6.07) is 13.0. The van der Waals surface area contributed by atoms with Crippen molar-refractivity contribution >= 4 is 16.8 Å². The zero-order valence-corrected chi connectivity index (χ0v) is 12.4. The highest BCUT2D eigenvalue weighted by Crippen LogP contribution is 2.21. The Labute approximate surface area is 128 Å². The standard InChI is InChI=1S/C17H18N2O3/c1-12-19-16-8-7-15(11-17(16)22-12)21-10-2-9-20-14-5-3-13(18)4-6-14/h3-8,11H,2,9-10,18H2,1H3. The minimum absolute atomic E-state index is 0.577. The second-order valence-electron chi connectivity index (χ2n) is 4.98. The number of aryl methyl sites for hydroxylation is 1.